The lowest BCUT2D eigenvalue weighted by molar-refractivity contribution is 0.464. The Morgan fingerprint density at radius 1 is 0.362 bits per heavy atom. The van der Waals surface area contributed by atoms with Crippen molar-refractivity contribution in [2.45, 2.75) is 0 Å². The van der Waals surface area contributed by atoms with E-state index in [2.05, 4.69) is 149 Å². The molecule has 218 valence electrons. The van der Waals surface area contributed by atoms with E-state index in [9.17, 15) is 0 Å². The first-order valence-electron chi connectivity index (χ1n) is 16.1. The fourth-order valence-corrected chi connectivity index (χ4v) is 8.07. The molecule has 2 aliphatic rings. The number of aromatic nitrogens is 2. The highest BCUT2D eigenvalue weighted by Gasteiger charge is 2.40. The molecule has 2 aromatic heterocycles. The molecule has 0 fully saturated rings. The predicted octanol–water partition coefficient (Wildman–Crippen LogP) is 8.61. The Hall–Kier alpha value is -6.20. The monoisotopic (exact) mass is 600 g/mol. The van der Waals surface area contributed by atoms with Crippen LogP contribution in [0.1, 0.15) is 0 Å². The summed E-state index contributed by atoms with van der Waals surface area (Å²) in [6, 6.07) is 53.9. The highest BCUT2D eigenvalue weighted by molar-refractivity contribution is 6.98. The lowest BCUT2D eigenvalue weighted by Gasteiger charge is -2.33. The van der Waals surface area contributed by atoms with Gasteiger partial charge >= 0.3 is 0 Å². The van der Waals surface area contributed by atoms with Crippen LogP contribution < -0.4 is 25.9 Å². The first-order valence-corrected chi connectivity index (χ1v) is 16.1. The Bertz CT molecular complexity index is 2690. The number of hydrogen-bond acceptors (Lipinski definition) is 2. The molecule has 47 heavy (non-hydrogen) atoms. The Morgan fingerprint density at radius 2 is 0.851 bits per heavy atom. The largest absolute Gasteiger partial charge is 0.458 e. The number of fused-ring (bicyclic) bond motifs is 10. The molecule has 0 bridgehead atoms. The van der Waals surface area contributed by atoms with Crippen LogP contribution in [0.3, 0.4) is 0 Å². The van der Waals surface area contributed by atoms with Crippen molar-refractivity contribution in [1.29, 1.82) is 0 Å². The van der Waals surface area contributed by atoms with Crippen molar-refractivity contribution in [3.63, 3.8) is 0 Å². The minimum atomic E-state index is 0.0447. The van der Waals surface area contributed by atoms with Crippen LogP contribution in [0.4, 0.5) is 0 Å². The number of ether oxygens (including phenoxy) is 2. The second-order valence-electron chi connectivity index (χ2n) is 12.5. The van der Waals surface area contributed by atoms with E-state index in [1.165, 1.54) is 32.6 Å². The third kappa shape index (κ3) is 3.38. The van der Waals surface area contributed by atoms with Crippen LogP contribution >= 0.6 is 0 Å². The lowest BCUT2D eigenvalue weighted by Crippen LogP contribution is -2.57. The Kier molecular flexibility index (Phi) is 4.89. The molecular formula is C42H25BN2O2. The van der Waals surface area contributed by atoms with E-state index in [-0.39, 0.29) is 6.71 Å². The minimum absolute atomic E-state index is 0.0447. The van der Waals surface area contributed by atoms with Gasteiger partial charge in [-0.25, -0.2) is 0 Å². The highest BCUT2D eigenvalue weighted by Crippen LogP contribution is 2.42. The Balaban J connectivity index is 1.23. The standard InChI is InChI=1S/C42H25BN2O2/c1-2-12-26(13-3-1)44-34-18-8-4-14-28(34)30-24-31-29-15-5-9-19-35(29)45(37(31)25-36(30)44)27-22-40-42-41(23-27)47-39-21-11-7-17-33(39)43(42)32-16-6-10-20-38(32)46-40/h1-25H. The summed E-state index contributed by atoms with van der Waals surface area (Å²) < 4.78 is 18.1. The second-order valence-corrected chi connectivity index (χ2v) is 12.5. The predicted molar refractivity (Wildman–Crippen MR) is 193 cm³/mol. The molecule has 0 aliphatic carbocycles. The zero-order valence-electron chi connectivity index (χ0n) is 25.2. The molecule has 0 saturated carbocycles. The summed E-state index contributed by atoms with van der Waals surface area (Å²) in [5, 5.41) is 4.91. The van der Waals surface area contributed by atoms with E-state index >= 15 is 0 Å². The van der Waals surface area contributed by atoms with Gasteiger partial charge in [-0.1, -0.05) is 91.0 Å². The van der Waals surface area contributed by atoms with Gasteiger partial charge in [0.2, 0.25) is 0 Å². The molecule has 5 heteroatoms. The van der Waals surface area contributed by atoms with E-state index < -0.39 is 0 Å². The van der Waals surface area contributed by atoms with Gasteiger partial charge in [-0.3, -0.25) is 0 Å². The maximum Gasteiger partial charge on any atom is 0.260 e. The van der Waals surface area contributed by atoms with Crippen LogP contribution in [0.2, 0.25) is 0 Å². The second kappa shape index (κ2) is 9.18. The maximum atomic E-state index is 6.69. The summed E-state index contributed by atoms with van der Waals surface area (Å²) in [6.45, 7) is 0.0447. The van der Waals surface area contributed by atoms with E-state index in [1.54, 1.807) is 0 Å². The van der Waals surface area contributed by atoms with Crippen LogP contribution in [0, 0.1) is 0 Å². The molecule has 4 nitrogen and oxygen atoms in total. The molecule has 7 aromatic carbocycles. The van der Waals surface area contributed by atoms with Crippen molar-refractivity contribution in [3.8, 4) is 34.4 Å². The first-order chi connectivity index (χ1) is 23.3. The molecule has 9 aromatic rings. The van der Waals surface area contributed by atoms with Gasteiger partial charge in [0.05, 0.1) is 27.8 Å². The number of para-hydroxylation sites is 5. The average molecular weight is 600 g/mol. The van der Waals surface area contributed by atoms with Crippen molar-refractivity contribution in [2.75, 3.05) is 0 Å². The minimum Gasteiger partial charge on any atom is -0.458 e. The number of rotatable bonds is 2. The fourth-order valence-electron chi connectivity index (χ4n) is 8.07. The molecule has 4 heterocycles. The normalized spacial score (nSPS) is 13.0. The molecule has 0 unspecified atom stereocenters. The molecule has 11 rings (SSSR count). The summed E-state index contributed by atoms with van der Waals surface area (Å²) in [5.74, 6) is 3.45. The molecule has 0 saturated heterocycles. The molecule has 2 aliphatic heterocycles. The van der Waals surface area contributed by atoms with Gasteiger partial charge < -0.3 is 18.6 Å². The van der Waals surface area contributed by atoms with E-state index in [0.29, 0.717) is 0 Å². The van der Waals surface area contributed by atoms with Crippen LogP contribution in [0.5, 0.6) is 23.0 Å². The summed E-state index contributed by atoms with van der Waals surface area (Å²) in [6.07, 6.45) is 0. The average Bonchev–Trinajstić information content (AvgIpc) is 3.62. The molecule has 0 atom stereocenters. The number of benzene rings is 7. The van der Waals surface area contributed by atoms with Gasteiger partial charge in [0.25, 0.3) is 6.71 Å². The third-order valence-electron chi connectivity index (χ3n) is 10.0. The SMILES string of the molecule is c1ccc(-n2c3ccccc3c3cc4c5ccccc5n(-c5cc6c7c(c5)Oc5ccccc5B7c5ccccc5O6)c4cc32)cc1. The molecule has 0 spiro atoms. The zero-order valence-corrected chi connectivity index (χ0v) is 25.2. The molecule has 0 amide bonds. The Labute approximate surface area is 270 Å². The van der Waals surface area contributed by atoms with Crippen molar-refractivity contribution < 1.29 is 9.47 Å². The van der Waals surface area contributed by atoms with Crippen LogP contribution in [-0.2, 0) is 0 Å². The summed E-state index contributed by atoms with van der Waals surface area (Å²) in [7, 11) is 0. The van der Waals surface area contributed by atoms with E-state index in [0.717, 1.165) is 61.8 Å². The first kappa shape index (κ1) is 25.0. The molecule has 0 N–H and O–H groups in total. The quantitative estimate of drug-likeness (QED) is 0.186. The molecule has 0 radical (unpaired) electrons. The maximum absolute atomic E-state index is 6.69. The summed E-state index contributed by atoms with van der Waals surface area (Å²) in [5.41, 5.74) is 10.2. The van der Waals surface area contributed by atoms with Crippen molar-refractivity contribution in [1.82, 2.24) is 9.13 Å². The Morgan fingerprint density at radius 3 is 1.45 bits per heavy atom. The van der Waals surface area contributed by atoms with E-state index in [4.69, 9.17) is 9.47 Å². The zero-order chi connectivity index (χ0) is 30.6. The van der Waals surface area contributed by atoms with E-state index in [1.807, 2.05) is 12.1 Å². The van der Waals surface area contributed by atoms with Gasteiger partial charge in [0, 0.05) is 44.8 Å². The van der Waals surface area contributed by atoms with Crippen LogP contribution in [0.15, 0.2) is 152 Å². The van der Waals surface area contributed by atoms with Gasteiger partial charge in [-0.05, 0) is 59.5 Å². The van der Waals surface area contributed by atoms with Gasteiger partial charge in [-0.2, -0.15) is 0 Å². The topological polar surface area (TPSA) is 28.3 Å². The number of hydrogen-bond donors (Lipinski definition) is 0. The molecular weight excluding hydrogens is 575 g/mol. The van der Waals surface area contributed by atoms with Crippen LogP contribution in [0.25, 0.3) is 55.0 Å². The van der Waals surface area contributed by atoms with Crippen molar-refractivity contribution >= 4 is 66.7 Å². The van der Waals surface area contributed by atoms with Crippen LogP contribution in [-0.4, -0.2) is 15.8 Å². The highest BCUT2D eigenvalue weighted by atomic mass is 16.5. The fraction of sp³-hybridized carbons (Fsp3) is 0. The summed E-state index contributed by atoms with van der Waals surface area (Å²) in [4.78, 5) is 0. The smallest absolute Gasteiger partial charge is 0.260 e. The van der Waals surface area contributed by atoms with Crippen molar-refractivity contribution in [2.24, 2.45) is 0 Å². The van der Waals surface area contributed by atoms with Gasteiger partial charge in [-0.15, -0.1) is 0 Å². The van der Waals surface area contributed by atoms with Gasteiger partial charge in [0.1, 0.15) is 23.0 Å². The van der Waals surface area contributed by atoms with Crippen molar-refractivity contribution in [3.05, 3.63) is 152 Å². The van der Waals surface area contributed by atoms with Gasteiger partial charge in [0.15, 0.2) is 0 Å². The summed E-state index contributed by atoms with van der Waals surface area (Å²) >= 11 is 0. The lowest BCUT2D eigenvalue weighted by atomic mass is 9.35. The third-order valence-corrected chi connectivity index (χ3v) is 10.0. The number of nitrogens with zero attached hydrogens (tertiary/aromatic N) is 2.